The first-order valence-corrected chi connectivity index (χ1v) is 10.5. The molecule has 3 aromatic heterocycles. The van der Waals surface area contributed by atoms with Crippen LogP contribution in [-0.2, 0) is 18.3 Å². The zero-order chi connectivity index (χ0) is 20.0. The molecule has 0 amide bonds. The van der Waals surface area contributed by atoms with Crippen molar-refractivity contribution < 1.29 is 0 Å². The second kappa shape index (κ2) is 6.93. The van der Waals surface area contributed by atoms with Gasteiger partial charge >= 0.3 is 0 Å². The van der Waals surface area contributed by atoms with E-state index in [1.807, 2.05) is 16.6 Å². The van der Waals surface area contributed by atoms with Crippen molar-refractivity contribution in [2.45, 2.75) is 51.9 Å². The molecule has 1 N–H and O–H groups in total. The van der Waals surface area contributed by atoms with Crippen molar-refractivity contribution in [2.75, 3.05) is 29.9 Å². The standard InChI is InChI=1S/C21H28N8/c1-21(2,3)20-26-25-18-8-9-19(27-29(18)20)28-12-14(13-28)11-22-17-10-15-6-4-5-7-16(15)23-24-17/h8-10,14H,4-7,11-13H2,1-3H3,(H,22,24). The van der Waals surface area contributed by atoms with Crippen LogP contribution in [0.1, 0.15) is 50.7 Å². The van der Waals surface area contributed by atoms with Gasteiger partial charge in [-0.1, -0.05) is 20.8 Å². The Hall–Kier alpha value is -2.77. The summed E-state index contributed by atoms with van der Waals surface area (Å²) in [5, 5.41) is 25.6. The highest BCUT2D eigenvalue weighted by Crippen LogP contribution is 2.26. The van der Waals surface area contributed by atoms with Crippen LogP contribution in [0.3, 0.4) is 0 Å². The normalized spacial score (nSPS) is 17.3. The minimum Gasteiger partial charge on any atom is -0.368 e. The first-order valence-electron chi connectivity index (χ1n) is 10.5. The van der Waals surface area contributed by atoms with Gasteiger partial charge in [0, 0.05) is 31.0 Å². The number of rotatable bonds is 4. The third-order valence-corrected chi connectivity index (χ3v) is 5.84. The molecule has 4 heterocycles. The highest BCUT2D eigenvalue weighted by atomic mass is 15.4. The SMILES string of the molecule is CC(C)(C)c1nnc2ccc(N3CC(CNc4cc5c(nn4)CCCC5)C3)nn12. The lowest BCUT2D eigenvalue weighted by Crippen LogP contribution is -2.50. The summed E-state index contributed by atoms with van der Waals surface area (Å²) < 4.78 is 1.88. The van der Waals surface area contributed by atoms with Crippen LogP contribution in [0.25, 0.3) is 5.65 Å². The Kier molecular flexibility index (Phi) is 4.37. The van der Waals surface area contributed by atoms with E-state index in [9.17, 15) is 0 Å². The monoisotopic (exact) mass is 392 g/mol. The molecule has 3 aromatic rings. The second-order valence-electron chi connectivity index (χ2n) is 9.30. The van der Waals surface area contributed by atoms with E-state index in [0.717, 1.165) is 55.6 Å². The topological polar surface area (TPSA) is 84.1 Å². The molecule has 0 spiro atoms. The summed E-state index contributed by atoms with van der Waals surface area (Å²) in [5.41, 5.74) is 3.25. The highest BCUT2D eigenvalue weighted by molar-refractivity contribution is 5.48. The first kappa shape index (κ1) is 18.3. The lowest BCUT2D eigenvalue weighted by Gasteiger charge is -2.40. The number of nitrogens with zero attached hydrogens (tertiary/aromatic N) is 7. The van der Waals surface area contributed by atoms with Crippen LogP contribution in [0.4, 0.5) is 11.6 Å². The smallest absolute Gasteiger partial charge is 0.178 e. The number of anilines is 2. The molecule has 0 unspecified atom stereocenters. The Morgan fingerprint density at radius 1 is 1.03 bits per heavy atom. The number of hydrogen-bond acceptors (Lipinski definition) is 7. The summed E-state index contributed by atoms with van der Waals surface area (Å²) in [4.78, 5) is 2.30. The molecule has 29 heavy (non-hydrogen) atoms. The van der Waals surface area contributed by atoms with Gasteiger partial charge in [0.1, 0.15) is 11.6 Å². The predicted molar refractivity (Wildman–Crippen MR) is 112 cm³/mol. The molecular formula is C21H28N8. The van der Waals surface area contributed by atoms with Gasteiger partial charge in [0.2, 0.25) is 0 Å². The van der Waals surface area contributed by atoms with Gasteiger partial charge in [-0.15, -0.1) is 20.4 Å². The molecule has 152 valence electrons. The predicted octanol–water partition coefficient (Wildman–Crippen LogP) is 2.64. The Bertz CT molecular complexity index is 1030. The van der Waals surface area contributed by atoms with Crippen molar-refractivity contribution in [3.63, 3.8) is 0 Å². The molecule has 0 aromatic carbocycles. The van der Waals surface area contributed by atoms with E-state index in [0.29, 0.717) is 5.92 Å². The maximum atomic E-state index is 4.80. The van der Waals surface area contributed by atoms with Crippen molar-refractivity contribution >= 4 is 17.3 Å². The maximum absolute atomic E-state index is 4.80. The van der Waals surface area contributed by atoms with Gasteiger partial charge < -0.3 is 10.2 Å². The minimum absolute atomic E-state index is 0.0949. The Labute approximate surface area is 170 Å². The Balaban J connectivity index is 1.21. The molecule has 0 saturated carbocycles. The Morgan fingerprint density at radius 2 is 1.86 bits per heavy atom. The van der Waals surface area contributed by atoms with Gasteiger partial charge in [0.25, 0.3) is 0 Å². The lowest BCUT2D eigenvalue weighted by atomic mass is 9.96. The summed E-state index contributed by atoms with van der Waals surface area (Å²) in [5.74, 6) is 3.35. The fourth-order valence-electron chi connectivity index (χ4n) is 4.13. The molecule has 8 heteroatoms. The van der Waals surface area contributed by atoms with E-state index in [1.54, 1.807) is 0 Å². The van der Waals surface area contributed by atoms with E-state index < -0.39 is 0 Å². The number of aryl methyl sites for hydroxylation is 2. The van der Waals surface area contributed by atoms with E-state index in [4.69, 9.17) is 5.10 Å². The van der Waals surface area contributed by atoms with Crippen molar-refractivity contribution in [1.82, 2.24) is 30.0 Å². The van der Waals surface area contributed by atoms with Crippen LogP contribution in [0.15, 0.2) is 18.2 Å². The molecule has 0 bridgehead atoms. The average Bonchev–Trinajstić information content (AvgIpc) is 3.10. The zero-order valence-electron chi connectivity index (χ0n) is 17.4. The maximum Gasteiger partial charge on any atom is 0.178 e. The fraction of sp³-hybridized carbons (Fsp3) is 0.571. The van der Waals surface area contributed by atoms with Crippen LogP contribution in [-0.4, -0.2) is 49.6 Å². The average molecular weight is 393 g/mol. The molecule has 1 saturated heterocycles. The molecule has 8 nitrogen and oxygen atoms in total. The molecule has 1 fully saturated rings. The zero-order valence-corrected chi connectivity index (χ0v) is 17.4. The van der Waals surface area contributed by atoms with Crippen LogP contribution in [0, 0.1) is 5.92 Å². The van der Waals surface area contributed by atoms with Crippen molar-refractivity contribution in [1.29, 1.82) is 0 Å². The third kappa shape index (κ3) is 3.52. The van der Waals surface area contributed by atoms with Gasteiger partial charge in [-0.25, -0.2) is 0 Å². The van der Waals surface area contributed by atoms with E-state index in [1.165, 1.54) is 24.1 Å². The molecule has 1 aliphatic carbocycles. The fourth-order valence-corrected chi connectivity index (χ4v) is 4.13. The highest BCUT2D eigenvalue weighted by Gasteiger charge is 2.29. The van der Waals surface area contributed by atoms with Gasteiger partial charge in [-0.2, -0.15) is 9.61 Å². The molecule has 5 rings (SSSR count). The van der Waals surface area contributed by atoms with Crippen molar-refractivity contribution in [2.24, 2.45) is 5.92 Å². The quantitative estimate of drug-likeness (QED) is 0.731. The third-order valence-electron chi connectivity index (χ3n) is 5.84. The van der Waals surface area contributed by atoms with Gasteiger partial charge in [0.15, 0.2) is 11.5 Å². The number of aromatic nitrogens is 6. The second-order valence-corrected chi connectivity index (χ2v) is 9.30. The first-order chi connectivity index (χ1) is 14.0. The molecular weight excluding hydrogens is 364 g/mol. The number of nitrogens with one attached hydrogen (secondary N) is 1. The van der Waals surface area contributed by atoms with E-state index >= 15 is 0 Å². The van der Waals surface area contributed by atoms with E-state index in [2.05, 4.69) is 57.4 Å². The number of fused-ring (bicyclic) bond motifs is 2. The summed E-state index contributed by atoms with van der Waals surface area (Å²) >= 11 is 0. The number of hydrogen-bond donors (Lipinski definition) is 1. The Morgan fingerprint density at radius 3 is 2.69 bits per heavy atom. The van der Waals surface area contributed by atoms with Crippen LogP contribution in [0.5, 0.6) is 0 Å². The van der Waals surface area contributed by atoms with Crippen LogP contribution >= 0.6 is 0 Å². The summed E-state index contributed by atoms with van der Waals surface area (Å²) in [7, 11) is 0. The molecule has 1 aliphatic heterocycles. The largest absolute Gasteiger partial charge is 0.368 e. The van der Waals surface area contributed by atoms with Gasteiger partial charge in [-0.05, 0) is 49.4 Å². The molecule has 0 atom stereocenters. The van der Waals surface area contributed by atoms with Crippen molar-refractivity contribution in [3.8, 4) is 0 Å². The van der Waals surface area contributed by atoms with Gasteiger partial charge in [0.05, 0.1) is 5.69 Å². The summed E-state index contributed by atoms with van der Waals surface area (Å²) in [6, 6.07) is 6.22. The van der Waals surface area contributed by atoms with E-state index in [-0.39, 0.29) is 5.41 Å². The van der Waals surface area contributed by atoms with Gasteiger partial charge in [-0.3, -0.25) is 0 Å². The molecule has 0 radical (unpaired) electrons. The lowest BCUT2D eigenvalue weighted by molar-refractivity contribution is 0.423. The molecule has 2 aliphatic rings. The van der Waals surface area contributed by atoms with Crippen LogP contribution < -0.4 is 10.2 Å². The van der Waals surface area contributed by atoms with Crippen molar-refractivity contribution in [3.05, 3.63) is 35.3 Å². The summed E-state index contributed by atoms with van der Waals surface area (Å²) in [6.07, 6.45) is 4.69. The summed E-state index contributed by atoms with van der Waals surface area (Å²) in [6.45, 7) is 9.27. The minimum atomic E-state index is -0.0949. The van der Waals surface area contributed by atoms with Crippen LogP contribution in [0.2, 0.25) is 0 Å².